The van der Waals surface area contributed by atoms with Gasteiger partial charge < -0.3 is 15.0 Å². The third kappa shape index (κ3) is 4.43. The van der Waals surface area contributed by atoms with Crippen molar-refractivity contribution in [2.75, 3.05) is 6.54 Å². The van der Waals surface area contributed by atoms with E-state index in [2.05, 4.69) is 24.4 Å². The molecular formula is C27H27FN2O2. The zero-order chi connectivity index (χ0) is 22.7. The highest BCUT2D eigenvalue weighted by Crippen LogP contribution is 2.29. The van der Waals surface area contributed by atoms with Crippen LogP contribution in [0, 0.1) is 12.7 Å². The summed E-state index contributed by atoms with van der Waals surface area (Å²) < 4.78 is 16.1. The number of carboxylic acid groups (broad SMARTS) is 1. The van der Waals surface area contributed by atoms with Crippen molar-refractivity contribution in [2.24, 2.45) is 0 Å². The SMILES string of the molecule is Cc1ccc2c(CNC[C@@H](C)c3ccccc3)c(C(=O)O)n(Cc3ccccc3F)c2c1. The highest BCUT2D eigenvalue weighted by atomic mass is 19.1. The molecule has 32 heavy (non-hydrogen) atoms. The molecule has 5 heteroatoms. The van der Waals surface area contributed by atoms with Crippen LogP contribution in [-0.4, -0.2) is 22.2 Å². The van der Waals surface area contributed by atoms with Gasteiger partial charge in [-0.1, -0.05) is 67.6 Å². The Balaban J connectivity index is 1.69. The third-order valence-corrected chi connectivity index (χ3v) is 5.93. The summed E-state index contributed by atoms with van der Waals surface area (Å²) in [6, 6.07) is 22.7. The van der Waals surface area contributed by atoms with Crippen molar-refractivity contribution in [1.82, 2.24) is 9.88 Å². The Morgan fingerprint density at radius 2 is 1.78 bits per heavy atom. The fraction of sp³-hybridized carbons (Fsp3) is 0.222. The molecule has 4 nitrogen and oxygen atoms in total. The number of rotatable bonds is 8. The molecule has 0 aliphatic rings. The number of hydrogen-bond donors (Lipinski definition) is 2. The van der Waals surface area contributed by atoms with Gasteiger partial charge in [0, 0.05) is 35.1 Å². The van der Waals surface area contributed by atoms with Gasteiger partial charge in [0.2, 0.25) is 0 Å². The number of benzene rings is 3. The van der Waals surface area contributed by atoms with Crippen LogP contribution >= 0.6 is 0 Å². The van der Waals surface area contributed by atoms with Crippen LogP contribution in [0.4, 0.5) is 4.39 Å². The maximum absolute atomic E-state index is 14.4. The minimum Gasteiger partial charge on any atom is -0.477 e. The number of aryl methyl sites for hydroxylation is 1. The minimum absolute atomic E-state index is 0.161. The molecule has 0 aliphatic carbocycles. The molecule has 1 atom stereocenters. The number of carbonyl (C=O) groups is 1. The van der Waals surface area contributed by atoms with Gasteiger partial charge in [-0.25, -0.2) is 9.18 Å². The van der Waals surface area contributed by atoms with Crippen molar-refractivity contribution < 1.29 is 14.3 Å². The predicted octanol–water partition coefficient (Wildman–Crippen LogP) is 5.73. The van der Waals surface area contributed by atoms with Gasteiger partial charge in [-0.3, -0.25) is 0 Å². The zero-order valence-corrected chi connectivity index (χ0v) is 18.3. The van der Waals surface area contributed by atoms with Crippen LogP contribution in [0.25, 0.3) is 10.9 Å². The molecule has 0 aliphatic heterocycles. The lowest BCUT2D eigenvalue weighted by Gasteiger charge is -2.14. The first kappa shape index (κ1) is 21.8. The molecule has 0 fully saturated rings. The molecule has 164 valence electrons. The Labute approximate surface area is 187 Å². The first-order valence-corrected chi connectivity index (χ1v) is 10.8. The predicted molar refractivity (Wildman–Crippen MR) is 126 cm³/mol. The standard InChI is InChI=1S/C27H27FN2O2/c1-18-12-13-22-23(16-29-15-19(2)20-8-4-3-5-9-20)26(27(31)32)30(25(22)14-18)17-21-10-6-7-11-24(21)28/h3-14,19,29H,15-17H2,1-2H3,(H,31,32)/t19-/m1/s1. The van der Waals surface area contributed by atoms with E-state index in [-0.39, 0.29) is 18.1 Å². The van der Waals surface area contributed by atoms with E-state index >= 15 is 0 Å². The number of halogens is 1. The summed E-state index contributed by atoms with van der Waals surface area (Å²) in [6.45, 7) is 5.41. The van der Waals surface area contributed by atoms with Crippen molar-refractivity contribution in [3.63, 3.8) is 0 Å². The monoisotopic (exact) mass is 430 g/mol. The number of aromatic nitrogens is 1. The second kappa shape index (κ2) is 9.37. The number of nitrogens with zero attached hydrogens (tertiary/aromatic N) is 1. The third-order valence-electron chi connectivity index (χ3n) is 5.93. The highest BCUT2D eigenvalue weighted by molar-refractivity contribution is 5.98. The lowest BCUT2D eigenvalue weighted by Crippen LogP contribution is -2.21. The normalized spacial score (nSPS) is 12.2. The average Bonchev–Trinajstić information content (AvgIpc) is 3.08. The Morgan fingerprint density at radius 3 is 2.50 bits per heavy atom. The van der Waals surface area contributed by atoms with Crippen LogP contribution < -0.4 is 5.32 Å². The summed E-state index contributed by atoms with van der Waals surface area (Å²) in [6.07, 6.45) is 0. The second-order valence-electron chi connectivity index (χ2n) is 8.27. The maximum atomic E-state index is 14.4. The lowest BCUT2D eigenvalue weighted by molar-refractivity contribution is 0.0684. The van der Waals surface area contributed by atoms with Crippen molar-refractivity contribution in [2.45, 2.75) is 32.9 Å². The Bertz CT molecular complexity index is 1250. The van der Waals surface area contributed by atoms with Gasteiger partial charge in [-0.15, -0.1) is 0 Å². The molecule has 3 aromatic carbocycles. The van der Waals surface area contributed by atoms with E-state index < -0.39 is 5.97 Å². The van der Waals surface area contributed by atoms with Gasteiger partial charge >= 0.3 is 5.97 Å². The largest absolute Gasteiger partial charge is 0.477 e. The molecule has 0 unspecified atom stereocenters. The van der Waals surface area contributed by atoms with E-state index in [4.69, 9.17) is 0 Å². The van der Waals surface area contributed by atoms with E-state index in [0.717, 1.165) is 28.6 Å². The van der Waals surface area contributed by atoms with Crippen molar-refractivity contribution in [1.29, 1.82) is 0 Å². The summed E-state index contributed by atoms with van der Waals surface area (Å²) in [4.78, 5) is 12.3. The van der Waals surface area contributed by atoms with Crippen LogP contribution in [0.2, 0.25) is 0 Å². The van der Waals surface area contributed by atoms with Gasteiger partial charge in [-0.2, -0.15) is 0 Å². The van der Waals surface area contributed by atoms with E-state index in [1.807, 2.05) is 43.3 Å². The Hall–Kier alpha value is -3.44. The van der Waals surface area contributed by atoms with Crippen LogP contribution in [-0.2, 0) is 13.1 Å². The topological polar surface area (TPSA) is 54.3 Å². The number of aromatic carboxylic acids is 1. The molecule has 4 aromatic rings. The maximum Gasteiger partial charge on any atom is 0.352 e. The van der Waals surface area contributed by atoms with Gasteiger partial charge in [0.15, 0.2) is 0 Å². The smallest absolute Gasteiger partial charge is 0.352 e. The van der Waals surface area contributed by atoms with Crippen LogP contribution in [0.15, 0.2) is 72.8 Å². The molecule has 0 spiro atoms. The van der Waals surface area contributed by atoms with Gasteiger partial charge in [0.05, 0.1) is 6.54 Å². The van der Waals surface area contributed by atoms with Crippen molar-refractivity contribution >= 4 is 16.9 Å². The molecule has 2 N–H and O–H groups in total. The Kier molecular flexibility index (Phi) is 6.37. The average molecular weight is 431 g/mol. The van der Waals surface area contributed by atoms with Crippen LogP contribution in [0.1, 0.15) is 45.6 Å². The fourth-order valence-corrected chi connectivity index (χ4v) is 4.23. The molecule has 4 rings (SSSR count). The fourth-order valence-electron chi connectivity index (χ4n) is 4.23. The molecule has 0 saturated carbocycles. The molecule has 0 saturated heterocycles. The molecular weight excluding hydrogens is 403 g/mol. The molecule has 0 amide bonds. The first-order valence-electron chi connectivity index (χ1n) is 10.8. The quantitative estimate of drug-likeness (QED) is 0.375. The summed E-state index contributed by atoms with van der Waals surface area (Å²) in [7, 11) is 0. The van der Waals surface area contributed by atoms with Gasteiger partial charge in [-0.05, 0) is 36.1 Å². The van der Waals surface area contributed by atoms with Crippen molar-refractivity contribution in [3.8, 4) is 0 Å². The van der Waals surface area contributed by atoms with E-state index in [1.165, 1.54) is 11.6 Å². The minimum atomic E-state index is -1.01. The van der Waals surface area contributed by atoms with E-state index in [1.54, 1.807) is 22.8 Å². The Morgan fingerprint density at radius 1 is 1.06 bits per heavy atom. The number of nitrogens with one attached hydrogen (secondary N) is 1. The molecule has 1 aromatic heterocycles. The molecule has 0 radical (unpaired) electrons. The van der Waals surface area contributed by atoms with Gasteiger partial charge in [0.25, 0.3) is 0 Å². The summed E-state index contributed by atoms with van der Waals surface area (Å²) in [5.74, 6) is -1.06. The number of hydrogen-bond acceptors (Lipinski definition) is 2. The number of carboxylic acids is 1. The molecule has 1 heterocycles. The van der Waals surface area contributed by atoms with Crippen LogP contribution in [0.3, 0.4) is 0 Å². The lowest BCUT2D eigenvalue weighted by atomic mass is 10.0. The van der Waals surface area contributed by atoms with E-state index in [0.29, 0.717) is 18.0 Å². The molecule has 0 bridgehead atoms. The van der Waals surface area contributed by atoms with Crippen molar-refractivity contribution in [3.05, 3.63) is 107 Å². The number of fused-ring (bicyclic) bond motifs is 1. The first-order chi connectivity index (χ1) is 15.5. The zero-order valence-electron chi connectivity index (χ0n) is 18.3. The summed E-state index contributed by atoms with van der Waals surface area (Å²) in [5, 5.41) is 14.4. The second-order valence-corrected chi connectivity index (χ2v) is 8.27. The highest BCUT2D eigenvalue weighted by Gasteiger charge is 2.23. The van der Waals surface area contributed by atoms with Crippen LogP contribution in [0.5, 0.6) is 0 Å². The van der Waals surface area contributed by atoms with Gasteiger partial charge in [0.1, 0.15) is 11.5 Å². The summed E-state index contributed by atoms with van der Waals surface area (Å²) >= 11 is 0. The summed E-state index contributed by atoms with van der Waals surface area (Å²) in [5.41, 5.74) is 4.46. The van der Waals surface area contributed by atoms with E-state index in [9.17, 15) is 14.3 Å².